The molecular formula is C16H20N2O6S2. The van der Waals surface area contributed by atoms with Crippen LogP contribution in [-0.2, 0) is 26.9 Å². The van der Waals surface area contributed by atoms with Gasteiger partial charge in [-0.1, -0.05) is 0 Å². The molecule has 2 atom stereocenters. The van der Waals surface area contributed by atoms with Crippen molar-refractivity contribution in [2.24, 2.45) is 7.05 Å². The van der Waals surface area contributed by atoms with Gasteiger partial charge in [-0.05, 0) is 43.9 Å². The summed E-state index contributed by atoms with van der Waals surface area (Å²) in [4.78, 5) is 11.7. The van der Waals surface area contributed by atoms with E-state index in [-0.39, 0.29) is 17.0 Å². The fraction of sp³-hybridized carbons (Fsp3) is 0.562. The number of fused-ring (bicyclic) bond motifs is 3. The van der Waals surface area contributed by atoms with Crippen LogP contribution in [0.15, 0.2) is 32.3 Å². The molecule has 1 aromatic carbocycles. The molecule has 2 fully saturated rings. The lowest BCUT2D eigenvalue weighted by Crippen LogP contribution is -2.49. The Morgan fingerprint density at radius 1 is 1.08 bits per heavy atom. The number of nitrogens with zero attached hydrogens (tertiary/aromatic N) is 2. The third-order valence-electron chi connectivity index (χ3n) is 5.57. The first-order valence-corrected chi connectivity index (χ1v) is 11.8. The highest BCUT2D eigenvalue weighted by molar-refractivity contribution is 7.91. The van der Waals surface area contributed by atoms with E-state index in [0.29, 0.717) is 36.8 Å². The van der Waals surface area contributed by atoms with Crippen LogP contribution in [0, 0.1) is 0 Å². The maximum Gasteiger partial charge on any atom is 0.419 e. The number of hydrogen-bond acceptors (Lipinski definition) is 6. The van der Waals surface area contributed by atoms with Crippen LogP contribution in [-0.4, -0.2) is 49.3 Å². The molecule has 2 saturated heterocycles. The summed E-state index contributed by atoms with van der Waals surface area (Å²) in [5, 5.41) is -0.483. The number of hydrogen-bond donors (Lipinski definition) is 0. The molecule has 2 aromatic rings. The first kappa shape index (κ1) is 17.7. The summed E-state index contributed by atoms with van der Waals surface area (Å²) >= 11 is 0. The van der Waals surface area contributed by atoms with Gasteiger partial charge in [-0.25, -0.2) is 21.6 Å². The van der Waals surface area contributed by atoms with Gasteiger partial charge in [-0.3, -0.25) is 4.57 Å². The van der Waals surface area contributed by atoms with Gasteiger partial charge in [0.25, 0.3) is 0 Å². The maximum atomic E-state index is 13.2. The van der Waals surface area contributed by atoms with E-state index in [1.54, 1.807) is 0 Å². The number of oxazole rings is 1. The summed E-state index contributed by atoms with van der Waals surface area (Å²) in [6.45, 7) is 0. The fourth-order valence-corrected chi connectivity index (χ4v) is 7.27. The molecule has 10 heteroatoms. The minimum atomic E-state index is -3.78. The van der Waals surface area contributed by atoms with Crippen LogP contribution in [0.25, 0.3) is 11.1 Å². The normalized spacial score (nSPS) is 27.2. The van der Waals surface area contributed by atoms with E-state index < -0.39 is 30.9 Å². The van der Waals surface area contributed by atoms with Crippen LogP contribution in [0.2, 0.25) is 0 Å². The average molecular weight is 400 g/mol. The van der Waals surface area contributed by atoms with Crippen molar-refractivity contribution in [2.45, 2.75) is 47.9 Å². The maximum absolute atomic E-state index is 13.2. The lowest BCUT2D eigenvalue weighted by molar-refractivity contribution is 0.249. The van der Waals surface area contributed by atoms with E-state index in [1.165, 1.54) is 40.4 Å². The summed E-state index contributed by atoms with van der Waals surface area (Å²) < 4.78 is 58.1. The predicted octanol–water partition coefficient (Wildman–Crippen LogP) is 0.860. The fourth-order valence-electron chi connectivity index (χ4n) is 4.21. The Kier molecular flexibility index (Phi) is 3.87. The molecular weight excluding hydrogens is 380 g/mol. The van der Waals surface area contributed by atoms with E-state index in [2.05, 4.69) is 0 Å². The second-order valence-electron chi connectivity index (χ2n) is 7.20. The Morgan fingerprint density at radius 3 is 2.27 bits per heavy atom. The zero-order chi connectivity index (χ0) is 18.9. The van der Waals surface area contributed by atoms with Crippen LogP contribution >= 0.6 is 0 Å². The molecule has 0 spiro atoms. The van der Waals surface area contributed by atoms with Crippen molar-refractivity contribution < 1.29 is 21.3 Å². The van der Waals surface area contributed by atoms with E-state index in [4.69, 9.17) is 4.42 Å². The van der Waals surface area contributed by atoms with Gasteiger partial charge in [-0.15, -0.1) is 0 Å². The van der Waals surface area contributed by atoms with Gasteiger partial charge in [0, 0.05) is 25.4 Å². The number of aromatic nitrogens is 1. The molecule has 0 amide bonds. The Labute approximate surface area is 151 Å². The molecule has 3 heterocycles. The quantitative estimate of drug-likeness (QED) is 0.756. The Morgan fingerprint density at radius 2 is 1.69 bits per heavy atom. The first-order valence-electron chi connectivity index (χ1n) is 8.41. The number of sulfonamides is 1. The molecule has 26 heavy (non-hydrogen) atoms. The number of piperidine rings is 1. The molecule has 0 radical (unpaired) electrons. The highest BCUT2D eigenvalue weighted by Gasteiger charge is 2.49. The molecule has 0 N–H and O–H groups in total. The van der Waals surface area contributed by atoms with Crippen LogP contribution in [0.1, 0.15) is 25.7 Å². The molecule has 2 unspecified atom stereocenters. The lowest BCUT2D eigenvalue weighted by Gasteiger charge is -2.37. The van der Waals surface area contributed by atoms with Crippen LogP contribution in [0.5, 0.6) is 0 Å². The Bertz CT molecular complexity index is 1130. The minimum Gasteiger partial charge on any atom is -0.408 e. The summed E-state index contributed by atoms with van der Waals surface area (Å²) in [6.07, 6.45) is 3.22. The predicted molar refractivity (Wildman–Crippen MR) is 95.2 cm³/mol. The Hall–Kier alpha value is -1.65. The van der Waals surface area contributed by atoms with Gasteiger partial charge in [-0.2, -0.15) is 4.31 Å². The second-order valence-corrected chi connectivity index (χ2v) is 11.4. The van der Waals surface area contributed by atoms with E-state index in [9.17, 15) is 21.6 Å². The SMILES string of the molecule is Cn1c(=O)oc2ccc(S(=O)(=O)N3C4CCC3CC(S(C)(=O)=O)C4)cc21. The first-order chi connectivity index (χ1) is 12.1. The molecule has 2 aliphatic heterocycles. The van der Waals surface area contributed by atoms with Crippen molar-refractivity contribution in [3.05, 3.63) is 28.7 Å². The number of aryl methyl sites for hydroxylation is 1. The number of rotatable bonds is 3. The minimum absolute atomic E-state index is 0.0936. The standard InChI is InChI=1S/C16H20N2O6S2/c1-17-14-9-12(5-6-15(14)24-16(17)19)26(22,23)18-10-3-4-11(18)8-13(7-10)25(2,20)21/h5-6,9-11,13H,3-4,7-8H2,1-2H3. The highest BCUT2D eigenvalue weighted by Crippen LogP contribution is 2.41. The van der Waals surface area contributed by atoms with Crippen molar-refractivity contribution in [1.29, 1.82) is 0 Å². The van der Waals surface area contributed by atoms with Gasteiger partial charge in [0.1, 0.15) is 9.84 Å². The Balaban J connectivity index is 1.74. The molecule has 8 nitrogen and oxygen atoms in total. The summed E-state index contributed by atoms with van der Waals surface area (Å²) in [5.41, 5.74) is 0.740. The topological polar surface area (TPSA) is 107 Å². The van der Waals surface area contributed by atoms with Crippen LogP contribution < -0.4 is 5.76 Å². The smallest absolute Gasteiger partial charge is 0.408 e. The van der Waals surface area contributed by atoms with E-state index in [1.807, 2.05) is 0 Å². The lowest BCUT2D eigenvalue weighted by atomic mass is 10.1. The molecule has 0 saturated carbocycles. The summed E-state index contributed by atoms with van der Waals surface area (Å²) in [6, 6.07) is 3.75. The summed E-state index contributed by atoms with van der Waals surface area (Å²) in [5.74, 6) is -0.552. The van der Waals surface area contributed by atoms with Crippen molar-refractivity contribution in [1.82, 2.24) is 8.87 Å². The summed E-state index contributed by atoms with van der Waals surface area (Å²) in [7, 11) is -5.45. The monoisotopic (exact) mass is 400 g/mol. The molecule has 2 bridgehead atoms. The largest absolute Gasteiger partial charge is 0.419 e. The van der Waals surface area contributed by atoms with Gasteiger partial charge in [0.2, 0.25) is 10.0 Å². The van der Waals surface area contributed by atoms with Crippen molar-refractivity contribution in [3.63, 3.8) is 0 Å². The third-order valence-corrected chi connectivity index (χ3v) is 9.16. The van der Waals surface area contributed by atoms with Gasteiger partial charge in [0.15, 0.2) is 5.58 Å². The zero-order valence-corrected chi connectivity index (χ0v) is 16.1. The van der Waals surface area contributed by atoms with Crippen molar-refractivity contribution in [2.75, 3.05) is 6.26 Å². The molecule has 2 aliphatic rings. The van der Waals surface area contributed by atoms with Gasteiger partial charge in [0.05, 0.1) is 15.7 Å². The second kappa shape index (κ2) is 5.67. The molecule has 1 aromatic heterocycles. The van der Waals surface area contributed by atoms with E-state index in [0.717, 1.165) is 0 Å². The molecule has 142 valence electrons. The molecule has 0 aliphatic carbocycles. The number of sulfone groups is 1. The van der Waals surface area contributed by atoms with Crippen molar-refractivity contribution >= 4 is 31.0 Å². The highest BCUT2D eigenvalue weighted by atomic mass is 32.2. The van der Waals surface area contributed by atoms with Crippen LogP contribution in [0.4, 0.5) is 0 Å². The molecule has 4 rings (SSSR count). The third kappa shape index (κ3) is 2.62. The number of benzene rings is 1. The van der Waals surface area contributed by atoms with E-state index >= 15 is 0 Å². The zero-order valence-electron chi connectivity index (χ0n) is 14.5. The van der Waals surface area contributed by atoms with Crippen LogP contribution in [0.3, 0.4) is 0 Å². The average Bonchev–Trinajstić information content (AvgIpc) is 3.00. The van der Waals surface area contributed by atoms with Gasteiger partial charge < -0.3 is 4.42 Å². The van der Waals surface area contributed by atoms with Gasteiger partial charge >= 0.3 is 5.76 Å². The van der Waals surface area contributed by atoms with Crippen molar-refractivity contribution in [3.8, 4) is 0 Å².